The van der Waals surface area contributed by atoms with Crippen LogP contribution < -0.4 is 5.32 Å². The topological polar surface area (TPSA) is 12.0 Å². The molecule has 0 bridgehead atoms. The molecule has 0 saturated carbocycles. The highest BCUT2D eigenvalue weighted by Gasteiger charge is 1.71. The lowest BCUT2D eigenvalue weighted by molar-refractivity contribution is 1.29. The SMILES string of the molecule is C/C=C\NC(C)=S.CC. The molecule has 0 aromatic carbocycles. The van der Waals surface area contributed by atoms with Crippen LogP contribution in [0, 0.1) is 0 Å². The van der Waals surface area contributed by atoms with Gasteiger partial charge in [-0.2, -0.15) is 0 Å². The maximum atomic E-state index is 4.70. The third kappa shape index (κ3) is 18.4. The van der Waals surface area contributed by atoms with Crippen LogP contribution in [0.15, 0.2) is 12.3 Å². The van der Waals surface area contributed by atoms with E-state index >= 15 is 0 Å². The van der Waals surface area contributed by atoms with Gasteiger partial charge in [-0.05, 0) is 20.0 Å². The normalized spacial score (nSPS) is 8.00. The Morgan fingerprint density at radius 1 is 1.44 bits per heavy atom. The van der Waals surface area contributed by atoms with Crippen LogP contribution in [0.1, 0.15) is 27.7 Å². The Labute approximate surface area is 63.2 Å². The van der Waals surface area contributed by atoms with Gasteiger partial charge >= 0.3 is 0 Å². The summed E-state index contributed by atoms with van der Waals surface area (Å²) in [4.78, 5) is 0.804. The summed E-state index contributed by atoms with van der Waals surface area (Å²) in [6.45, 7) is 7.78. The first-order chi connectivity index (χ1) is 4.27. The number of rotatable bonds is 1. The molecule has 0 aliphatic carbocycles. The largest absolute Gasteiger partial charge is 0.357 e. The molecule has 0 aromatic heterocycles. The molecule has 0 heterocycles. The van der Waals surface area contributed by atoms with Gasteiger partial charge in [-0.3, -0.25) is 0 Å². The van der Waals surface area contributed by atoms with Crippen LogP contribution in [0.3, 0.4) is 0 Å². The molecule has 1 nitrogen and oxygen atoms in total. The maximum Gasteiger partial charge on any atom is 0.0761 e. The first kappa shape index (κ1) is 11.4. The minimum absolute atomic E-state index is 0.804. The number of nitrogens with one attached hydrogen (secondary N) is 1. The molecule has 0 fully saturated rings. The van der Waals surface area contributed by atoms with Crippen molar-refractivity contribution in [1.29, 1.82) is 0 Å². The smallest absolute Gasteiger partial charge is 0.0761 e. The monoisotopic (exact) mass is 145 g/mol. The van der Waals surface area contributed by atoms with Crippen LogP contribution in [-0.2, 0) is 0 Å². The highest BCUT2D eigenvalue weighted by Crippen LogP contribution is 1.66. The molecular weight excluding hydrogens is 130 g/mol. The van der Waals surface area contributed by atoms with Gasteiger partial charge in [-0.15, -0.1) is 0 Å². The Balaban J connectivity index is 0. The number of allylic oxidation sites excluding steroid dienone is 1. The molecule has 0 radical (unpaired) electrons. The molecule has 0 atom stereocenters. The number of hydrogen-bond donors (Lipinski definition) is 1. The van der Waals surface area contributed by atoms with E-state index in [0.29, 0.717) is 0 Å². The lowest BCUT2D eigenvalue weighted by Gasteiger charge is -1.89. The van der Waals surface area contributed by atoms with Crippen molar-refractivity contribution in [3.05, 3.63) is 12.3 Å². The predicted octanol–water partition coefficient (Wildman–Crippen LogP) is 2.48. The van der Waals surface area contributed by atoms with Gasteiger partial charge in [-0.25, -0.2) is 0 Å². The summed E-state index contributed by atoms with van der Waals surface area (Å²) in [5.74, 6) is 0. The van der Waals surface area contributed by atoms with Gasteiger partial charge in [0.05, 0.1) is 4.99 Å². The summed E-state index contributed by atoms with van der Waals surface area (Å²) in [5, 5.41) is 2.85. The van der Waals surface area contributed by atoms with Crippen molar-refractivity contribution in [3.8, 4) is 0 Å². The zero-order valence-electron chi connectivity index (χ0n) is 6.56. The first-order valence-electron chi connectivity index (χ1n) is 3.15. The highest BCUT2D eigenvalue weighted by molar-refractivity contribution is 7.80. The molecule has 1 N–H and O–H groups in total. The Morgan fingerprint density at radius 3 is 2.00 bits per heavy atom. The summed E-state index contributed by atoms with van der Waals surface area (Å²) < 4.78 is 0. The maximum absolute atomic E-state index is 4.70. The summed E-state index contributed by atoms with van der Waals surface area (Å²) in [6, 6.07) is 0. The van der Waals surface area contributed by atoms with Crippen LogP contribution in [0.4, 0.5) is 0 Å². The Hall–Kier alpha value is -0.370. The molecule has 0 rings (SSSR count). The van der Waals surface area contributed by atoms with E-state index in [-0.39, 0.29) is 0 Å². The Bertz CT molecular complexity index is 86.9. The second kappa shape index (κ2) is 10.6. The van der Waals surface area contributed by atoms with E-state index in [0.717, 1.165) is 4.99 Å². The fraction of sp³-hybridized carbons (Fsp3) is 0.571. The third-order valence-corrected chi connectivity index (χ3v) is 0.571. The van der Waals surface area contributed by atoms with Gasteiger partial charge in [0.25, 0.3) is 0 Å². The summed E-state index contributed by atoms with van der Waals surface area (Å²) >= 11 is 4.70. The fourth-order valence-electron chi connectivity index (χ4n) is 0.201. The molecule has 0 saturated heterocycles. The average Bonchev–Trinajstić information content (AvgIpc) is 1.88. The quantitative estimate of drug-likeness (QED) is 0.569. The molecule has 0 aliphatic rings. The Morgan fingerprint density at radius 2 is 1.89 bits per heavy atom. The standard InChI is InChI=1S/C5H9NS.C2H6/c1-3-4-6-5(2)7;1-2/h3-4H,1-2H3,(H,6,7);1-2H3/b4-3-;. The summed E-state index contributed by atoms with van der Waals surface area (Å²) in [7, 11) is 0. The molecule has 9 heavy (non-hydrogen) atoms. The zero-order valence-corrected chi connectivity index (χ0v) is 7.38. The summed E-state index contributed by atoms with van der Waals surface area (Å²) in [5.41, 5.74) is 0. The lowest BCUT2D eigenvalue weighted by Crippen LogP contribution is -2.08. The van der Waals surface area contributed by atoms with E-state index in [9.17, 15) is 0 Å². The van der Waals surface area contributed by atoms with Crippen molar-refractivity contribution in [2.45, 2.75) is 27.7 Å². The van der Waals surface area contributed by atoms with Crippen molar-refractivity contribution in [1.82, 2.24) is 5.32 Å². The van der Waals surface area contributed by atoms with Crippen molar-refractivity contribution in [2.24, 2.45) is 0 Å². The van der Waals surface area contributed by atoms with E-state index in [1.54, 1.807) is 0 Å². The molecule has 0 spiro atoms. The van der Waals surface area contributed by atoms with Crippen LogP contribution >= 0.6 is 12.2 Å². The van der Waals surface area contributed by atoms with E-state index in [1.165, 1.54) is 0 Å². The van der Waals surface area contributed by atoms with Gasteiger partial charge in [0.1, 0.15) is 0 Å². The molecule has 0 aliphatic heterocycles. The molecule has 0 amide bonds. The third-order valence-electron chi connectivity index (χ3n) is 0.453. The van der Waals surface area contributed by atoms with Crippen molar-refractivity contribution in [3.63, 3.8) is 0 Å². The van der Waals surface area contributed by atoms with Gasteiger partial charge in [0.15, 0.2) is 0 Å². The average molecular weight is 145 g/mol. The molecule has 2 heteroatoms. The highest BCUT2D eigenvalue weighted by atomic mass is 32.1. The zero-order chi connectivity index (χ0) is 7.70. The van der Waals surface area contributed by atoms with Crippen LogP contribution in [-0.4, -0.2) is 4.99 Å². The molecule has 0 unspecified atom stereocenters. The van der Waals surface area contributed by atoms with Crippen LogP contribution in [0.25, 0.3) is 0 Å². The van der Waals surface area contributed by atoms with Crippen molar-refractivity contribution >= 4 is 17.2 Å². The fourth-order valence-corrected chi connectivity index (χ4v) is 0.269. The van der Waals surface area contributed by atoms with Gasteiger partial charge < -0.3 is 5.32 Å². The minimum atomic E-state index is 0.804. The minimum Gasteiger partial charge on any atom is -0.357 e. The molecular formula is C7H15NS. The predicted molar refractivity (Wildman–Crippen MR) is 47.6 cm³/mol. The van der Waals surface area contributed by atoms with E-state index in [1.807, 2.05) is 40.0 Å². The van der Waals surface area contributed by atoms with E-state index in [2.05, 4.69) is 5.32 Å². The lowest BCUT2D eigenvalue weighted by atomic mass is 10.6. The second-order valence-corrected chi connectivity index (χ2v) is 1.81. The van der Waals surface area contributed by atoms with Gasteiger partial charge in [0.2, 0.25) is 0 Å². The van der Waals surface area contributed by atoms with Crippen LogP contribution in [0.2, 0.25) is 0 Å². The number of thiocarbonyl (C=S) groups is 1. The first-order valence-corrected chi connectivity index (χ1v) is 3.56. The van der Waals surface area contributed by atoms with Crippen molar-refractivity contribution < 1.29 is 0 Å². The number of hydrogen-bond acceptors (Lipinski definition) is 1. The van der Waals surface area contributed by atoms with E-state index < -0.39 is 0 Å². The van der Waals surface area contributed by atoms with Crippen LogP contribution in [0.5, 0.6) is 0 Å². The second-order valence-electron chi connectivity index (χ2n) is 1.20. The van der Waals surface area contributed by atoms with Gasteiger partial charge in [-0.1, -0.05) is 32.1 Å². The van der Waals surface area contributed by atoms with Crippen molar-refractivity contribution in [2.75, 3.05) is 0 Å². The molecule has 54 valence electrons. The van der Waals surface area contributed by atoms with E-state index in [4.69, 9.17) is 12.2 Å². The Kier molecular flexibility index (Phi) is 13.4. The summed E-state index contributed by atoms with van der Waals surface area (Å²) in [6.07, 6.45) is 3.71. The van der Waals surface area contributed by atoms with Gasteiger partial charge in [0, 0.05) is 0 Å². The molecule has 0 aromatic rings.